The van der Waals surface area contributed by atoms with Crippen LogP contribution < -0.4 is 0 Å². The Morgan fingerprint density at radius 2 is 1.92 bits per heavy atom. The Bertz CT molecular complexity index is 234. The zero-order valence-corrected chi connectivity index (χ0v) is 7.62. The van der Waals surface area contributed by atoms with Crippen molar-refractivity contribution in [2.45, 2.75) is 32.1 Å². The summed E-state index contributed by atoms with van der Waals surface area (Å²) in [6.07, 6.45) is 4.71. The van der Waals surface area contributed by atoms with Gasteiger partial charge in [0.15, 0.2) is 5.78 Å². The van der Waals surface area contributed by atoms with Crippen molar-refractivity contribution in [1.29, 1.82) is 0 Å². The minimum Gasteiger partial charge on any atom is -0.458 e. The highest BCUT2D eigenvalue weighted by Gasteiger charge is 2.35. The fraction of sp³-hybridized carbons (Fsp3) is 0.800. The van der Waals surface area contributed by atoms with Gasteiger partial charge in [0.1, 0.15) is 6.61 Å². The van der Waals surface area contributed by atoms with E-state index in [0.717, 1.165) is 25.7 Å². The Morgan fingerprint density at radius 1 is 1.15 bits per heavy atom. The number of carbonyl (C=O) groups excluding carboxylic acids is 2. The molecule has 13 heavy (non-hydrogen) atoms. The average molecular weight is 182 g/mol. The molecule has 0 spiro atoms. The number of ether oxygens (including phenoxy) is 1. The number of Topliss-reactive ketones (excluding diaryl/α,β-unsaturated/α-hetero) is 1. The molecule has 0 amide bonds. The quantitative estimate of drug-likeness (QED) is 0.530. The van der Waals surface area contributed by atoms with Gasteiger partial charge in [0, 0.05) is 12.3 Å². The van der Waals surface area contributed by atoms with Crippen LogP contribution in [0.3, 0.4) is 0 Å². The summed E-state index contributed by atoms with van der Waals surface area (Å²) in [5.74, 6) is 0.328. The maximum atomic E-state index is 11.5. The number of hydrogen-bond donors (Lipinski definition) is 0. The molecule has 0 bridgehead atoms. The molecular formula is C10H14O3. The third kappa shape index (κ3) is 1.74. The molecule has 1 heterocycles. The van der Waals surface area contributed by atoms with Gasteiger partial charge in [0.05, 0.1) is 0 Å². The highest BCUT2D eigenvalue weighted by molar-refractivity contribution is 5.87. The van der Waals surface area contributed by atoms with E-state index in [1.165, 1.54) is 0 Å². The first kappa shape index (κ1) is 8.73. The molecule has 0 radical (unpaired) electrons. The second-order valence-corrected chi connectivity index (χ2v) is 3.98. The highest BCUT2D eigenvalue weighted by Crippen LogP contribution is 2.34. The molecule has 1 saturated carbocycles. The topological polar surface area (TPSA) is 43.4 Å². The third-order valence-electron chi connectivity index (χ3n) is 3.13. The summed E-state index contributed by atoms with van der Waals surface area (Å²) in [5.41, 5.74) is 0. The standard InChI is InChI=1S/C10H14O3/c11-9-6-13-10(12)5-7-3-1-2-4-8(7)9/h7-8H,1-6H2/t7-,8-/m1/s1. The van der Waals surface area contributed by atoms with Gasteiger partial charge in [-0.25, -0.2) is 0 Å². The van der Waals surface area contributed by atoms with Crippen LogP contribution in [0.5, 0.6) is 0 Å². The first-order chi connectivity index (χ1) is 6.27. The number of carbonyl (C=O) groups is 2. The maximum Gasteiger partial charge on any atom is 0.306 e. The number of ketones is 1. The van der Waals surface area contributed by atoms with Crippen LogP contribution in [0.15, 0.2) is 0 Å². The van der Waals surface area contributed by atoms with Gasteiger partial charge in [-0.3, -0.25) is 9.59 Å². The molecule has 0 aromatic carbocycles. The normalized spacial score (nSPS) is 34.8. The van der Waals surface area contributed by atoms with Gasteiger partial charge in [-0.05, 0) is 18.8 Å². The lowest BCUT2D eigenvalue weighted by molar-refractivity contribution is -0.146. The molecule has 72 valence electrons. The van der Waals surface area contributed by atoms with Crippen LogP contribution >= 0.6 is 0 Å². The van der Waals surface area contributed by atoms with E-state index in [-0.39, 0.29) is 30.2 Å². The summed E-state index contributed by atoms with van der Waals surface area (Å²) in [4.78, 5) is 22.6. The molecule has 0 aromatic rings. The van der Waals surface area contributed by atoms with Crippen molar-refractivity contribution in [2.24, 2.45) is 11.8 Å². The number of hydrogen-bond acceptors (Lipinski definition) is 3. The van der Waals surface area contributed by atoms with Crippen LogP contribution in [0.2, 0.25) is 0 Å². The number of rotatable bonds is 0. The van der Waals surface area contributed by atoms with Gasteiger partial charge in [0.2, 0.25) is 0 Å². The SMILES string of the molecule is O=C1C[C@H]2CCCC[C@H]2C(=O)CO1. The van der Waals surface area contributed by atoms with E-state index in [2.05, 4.69) is 0 Å². The minimum absolute atomic E-state index is 0.0139. The summed E-state index contributed by atoms with van der Waals surface area (Å²) >= 11 is 0. The van der Waals surface area contributed by atoms with E-state index < -0.39 is 0 Å². The first-order valence-corrected chi connectivity index (χ1v) is 4.95. The lowest BCUT2D eigenvalue weighted by atomic mass is 9.76. The first-order valence-electron chi connectivity index (χ1n) is 4.95. The van der Waals surface area contributed by atoms with Gasteiger partial charge >= 0.3 is 5.97 Å². The minimum atomic E-state index is -0.192. The summed E-state index contributed by atoms with van der Waals surface area (Å²) in [6.45, 7) is 0.0139. The van der Waals surface area contributed by atoms with Gasteiger partial charge in [-0.2, -0.15) is 0 Å². The molecule has 3 heteroatoms. The van der Waals surface area contributed by atoms with Crippen molar-refractivity contribution in [3.63, 3.8) is 0 Å². The molecule has 3 nitrogen and oxygen atoms in total. The summed E-state index contributed by atoms with van der Waals surface area (Å²) in [6, 6.07) is 0. The molecule has 2 aliphatic rings. The summed E-state index contributed by atoms with van der Waals surface area (Å²) < 4.78 is 4.82. The van der Waals surface area contributed by atoms with Crippen LogP contribution in [0.1, 0.15) is 32.1 Å². The van der Waals surface area contributed by atoms with E-state index in [0.29, 0.717) is 6.42 Å². The van der Waals surface area contributed by atoms with E-state index in [1.54, 1.807) is 0 Å². The predicted octanol–water partition coefficient (Wildman–Crippen LogP) is 1.31. The Kier molecular flexibility index (Phi) is 2.34. The lowest BCUT2D eigenvalue weighted by Crippen LogP contribution is -2.27. The molecule has 0 unspecified atom stereocenters. The van der Waals surface area contributed by atoms with E-state index in [9.17, 15) is 9.59 Å². The fourth-order valence-corrected chi connectivity index (χ4v) is 2.41. The van der Waals surface area contributed by atoms with Gasteiger partial charge in [-0.1, -0.05) is 12.8 Å². The molecule has 2 rings (SSSR count). The molecule has 0 aromatic heterocycles. The zero-order chi connectivity index (χ0) is 9.26. The van der Waals surface area contributed by atoms with E-state index in [1.807, 2.05) is 0 Å². The fourth-order valence-electron chi connectivity index (χ4n) is 2.41. The second kappa shape index (κ2) is 3.48. The van der Waals surface area contributed by atoms with Crippen LogP contribution in [-0.2, 0) is 14.3 Å². The maximum absolute atomic E-state index is 11.5. The summed E-state index contributed by atoms with van der Waals surface area (Å²) in [7, 11) is 0. The molecular weight excluding hydrogens is 168 g/mol. The number of fused-ring (bicyclic) bond motifs is 1. The van der Waals surface area contributed by atoms with Gasteiger partial charge < -0.3 is 4.74 Å². The van der Waals surface area contributed by atoms with Crippen LogP contribution in [0.25, 0.3) is 0 Å². The lowest BCUT2D eigenvalue weighted by Gasteiger charge is -2.26. The van der Waals surface area contributed by atoms with Crippen molar-refractivity contribution >= 4 is 11.8 Å². The average Bonchev–Trinajstić information content (AvgIpc) is 2.27. The monoisotopic (exact) mass is 182 g/mol. The molecule has 1 saturated heterocycles. The van der Waals surface area contributed by atoms with E-state index in [4.69, 9.17) is 4.74 Å². The van der Waals surface area contributed by atoms with Gasteiger partial charge in [-0.15, -0.1) is 0 Å². The smallest absolute Gasteiger partial charge is 0.306 e. The Hall–Kier alpha value is -0.860. The van der Waals surface area contributed by atoms with Crippen molar-refractivity contribution in [3.05, 3.63) is 0 Å². The molecule has 2 fully saturated rings. The predicted molar refractivity (Wildman–Crippen MR) is 46.0 cm³/mol. The number of cyclic esters (lactones) is 1. The third-order valence-corrected chi connectivity index (χ3v) is 3.13. The number of esters is 1. The van der Waals surface area contributed by atoms with Crippen molar-refractivity contribution in [2.75, 3.05) is 6.61 Å². The van der Waals surface area contributed by atoms with Crippen molar-refractivity contribution in [3.8, 4) is 0 Å². The zero-order valence-electron chi connectivity index (χ0n) is 7.62. The van der Waals surface area contributed by atoms with Crippen LogP contribution in [0.4, 0.5) is 0 Å². The van der Waals surface area contributed by atoms with Gasteiger partial charge in [0.25, 0.3) is 0 Å². The Labute approximate surface area is 77.4 Å². The molecule has 2 atom stereocenters. The highest BCUT2D eigenvalue weighted by atomic mass is 16.5. The van der Waals surface area contributed by atoms with E-state index >= 15 is 0 Å². The largest absolute Gasteiger partial charge is 0.458 e. The Morgan fingerprint density at radius 3 is 2.77 bits per heavy atom. The molecule has 0 N–H and O–H groups in total. The molecule has 1 aliphatic heterocycles. The Balaban J connectivity index is 2.13. The van der Waals surface area contributed by atoms with Crippen molar-refractivity contribution in [1.82, 2.24) is 0 Å². The van der Waals surface area contributed by atoms with Crippen LogP contribution in [0, 0.1) is 11.8 Å². The summed E-state index contributed by atoms with van der Waals surface area (Å²) in [5, 5.41) is 0. The van der Waals surface area contributed by atoms with Crippen molar-refractivity contribution < 1.29 is 14.3 Å². The second-order valence-electron chi connectivity index (χ2n) is 3.98. The van der Waals surface area contributed by atoms with Crippen LogP contribution in [-0.4, -0.2) is 18.4 Å². The molecule has 1 aliphatic carbocycles.